The second-order valence-corrected chi connectivity index (χ2v) is 5.52. The lowest BCUT2D eigenvalue weighted by Crippen LogP contribution is -2.04. The molecule has 1 heterocycles. The van der Waals surface area contributed by atoms with E-state index >= 15 is 0 Å². The van der Waals surface area contributed by atoms with Crippen LogP contribution < -0.4 is 4.74 Å². The number of hydrogen-bond donors (Lipinski definition) is 1. The van der Waals surface area contributed by atoms with Gasteiger partial charge in [0.15, 0.2) is 0 Å². The van der Waals surface area contributed by atoms with Crippen molar-refractivity contribution in [3.8, 4) is 17.1 Å². The van der Waals surface area contributed by atoms with E-state index in [0.29, 0.717) is 22.6 Å². The zero-order chi connectivity index (χ0) is 15.9. The zero-order valence-electron chi connectivity index (χ0n) is 11.3. The molecule has 2 aromatic carbocycles. The highest BCUT2D eigenvalue weighted by atomic mass is 79.9. The van der Waals surface area contributed by atoms with Crippen LogP contribution in [0.3, 0.4) is 0 Å². The summed E-state index contributed by atoms with van der Waals surface area (Å²) in [6.07, 6.45) is -4.37. The summed E-state index contributed by atoms with van der Waals surface area (Å²) in [5.74, 6) is 1.16. The van der Waals surface area contributed by atoms with Crippen LogP contribution in [0.5, 0.6) is 5.75 Å². The van der Waals surface area contributed by atoms with Crippen molar-refractivity contribution >= 4 is 27.0 Å². The third-order valence-electron chi connectivity index (χ3n) is 3.23. The standard InChI is InChI=1S/C15H10BrF3N2O/c1-22-13-5-2-8(6-10(13)16)14-20-11-4-3-9(15(17,18)19)7-12(11)21-14/h2-7H,1H3,(H,20,21). The van der Waals surface area contributed by atoms with Crippen LogP contribution in [-0.4, -0.2) is 17.1 Å². The number of rotatable bonds is 2. The fourth-order valence-corrected chi connectivity index (χ4v) is 2.68. The van der Waals surface area contributed by atoms with E-state index in [4.69, 9.17) is 4.74 Å². The van der Waals surface area contributed by atoms with E-state index in [2.05, 4.69) is 25.9 Å². The first kappa shape index (κ1) is 14.9. The topological polar surface area (TPSA) is 37.9 Å². The van der Waals surface area contributed by atoms with Gasteiger partial charge in [0.2, 0.25) is 0 Å². The number of fused-ring (bicyclic) bond motifs is 1. The Morgan fingerprint density at radius 2 is 1.91 bits per heavy atom. The number of aromatic nitrogens is 2. The number of nitrogens with one attached hydrogen (secondary N) is 1. The van der Waals surface area contributed by atoms with E-state index in [1.54, 1.807) is 25.3 Å². The van der Waals surface area contributed by atoms with Gasteiger partial charge in [0, 0.05) is 5.56 Å². The molecule has 0 aliphatic heterocycles. The Morgan fingerprint density at radius 1 is 1.14 bits per heavy atom. The highest BCUT2D eigenvalue weighted by molar-refractivity contribution is 9.10. The molecule has 3 rings (SSSR count). The minimum Gasteiger partial charge on any atom is -0.496 e. The van der Waals surface area contributed by atoms with Gasteiger partial charge in [0.05, 0.1) is 28.2 Å². The predicted octanol–water partition coefficient (Wildman–Crippen LogP) is 5.02. The number of methoxy groups -OCH3 is 1. The molecule has 1 aromatic heterocycles. The summed E-state index contributed by atoms with van der Waals surface area (Å²) in [7, 11) is 1.56. The highest BCUT2D eigenvalue weighted by Crippen LogP contribution is 2.33. The molecule has 0 aliphatic carbocycles. The molecule has 0 saturated carbocycles. The first-order valence-electron chi connectivity index (χ1n) is 6.29. The molecule has 3 aromatic rings. The molecule has 114 valence electrons. The van der Waals surface area contributed by atoms with Gasteiger partial charge in [-0.05, 0) is 52.3 Å². The lowest BCUT2D eigenvalue weighted by atomic mass is 10.2. The molecule has 0 unspecified atom stereocenters. The van der Waals surface area contributed by atoms with Gasteiger partial charge in [-0.15, -0.1) is 0 Å². The summed E-state index contributed by atoms with van der Waals surface area (Å²) >= 11 is 3.37. The molecule has 3 nitrogen and oxygen atoms in total. The molecule has 0 aliphatic rings. The average molecular weight is 371 g/mol. The Morgan fingerprint density at radius 3 is 2.55 bits per heavy atom. The van der Waals surface area contributed by atoms with Crippen molar-refractivity contribution in [1.82, 2.24) is 9.97 Å². The van der Waals surface area contributed by atoms with Crippen molar-refractivity contribution in [2.75, 3.05) is 7.11 Å². The van der Waals surface area contributed by atoms with Crippen molar-refractivity contribution in [3.05, 3.63) is 46.4 Å². The van der Waals surface area contributed by atoms with Crippen LogP contribution in [0.25, 0.3) is 22.4 Å². The Hall–Kier alpha value is -2.02. The Kier molecular flexibility index (Phi) is 3.60. The van der Waals surface area contributed by atoms with Crippen molar-refractivity contribution in [2.45, 2.75) is 6.18 Å². The first-order chi connectivity index (χ1) is 10.4. The fraction of sp³-hybridized carbons (Fsp3) is 0.133. The summed E-state index contributed by atoms with van der Waals surface area (Å²) in [6.45, 7) is 0. The van der Waals surface area contributed by atoms with Crippen molar-refractivity contribution < 1.29 is 17.9 Å². The second-order valence-electron chi connectivity index (χ2n) is 4.66. The minimum atomic E-state index is -4.37. The van der Waals surface area contributed by atoms with Gasteiger partial charge in [-0.2, -0.15) is 13.2 Å². The number of imidazole rings is 1. The van der Waals surface area contributed by atoms with Crippen molar-refractivity contribution in [1.29, 1.82) is 0 Å². The molecular formula is C15H10BrF3N2O. The molecule has 0 saturated heterocycles. The number of hydrogen-bond acceptors (Lipinski definition) is 2. The van der Waals surface area contributed by atoms with E-state index < -0.39 is 11.7 Å². The van der Waals surface area contributed by atoms with Gasteiger partial charge in [0.25, 0.3) is 0 Å². The molecule has 0 fully saturated rings. The quantitative estimate of drug-likeness (QED) is 0.687. The molecule has 22 heavy (non-hydrogen) atoms. The number of halogens is 4. The molecular weight excluding hydrogens is 361 g/mol. The lowest BCUT2D eigenvalue weighted by molar-refractivity contribution is -0.137. The maximum absolute atomic E-state index is 12.7. The fourth-order valence-electron chi connectivity index (χ4n) is 2.14. The second kappa shape index (κ2) is 5.31. The van der Waals surface area contributed by atoms with Gasteiger partial charge < -0.3 is 9.72 Å². The summed E-state index contributed by atoms with van der Waals surface area (Å²) in [5.41, 5.74) is 0.871. The number of H-pyrrole nitrogens is 1. The molecule has 0 amide bonds. The third kappa shape index (κ3) is 2.68. The third-order valence-corrected chi connectivity index (χ3v) is 3.85. The summed E-state index contributed by atoms with van der Waals surface area (Å²) in [4.78, 5) is 7.23. The summed E-state index contributed by atoms with van der Waals surface area (Å²) in [6, 6.07) is 8.78. The maximum atomic E-state index is 12.7. The van der Waals surface area contributed by atoms with Crippen molar-refractivity contribution in [2.24, 2.45) is 0 Å². The van der Waals surface area contributed by atoms with Gasteiger partial charge in [-0.3, -0.25) is 0 Å². The monoisotopic (exact) mass is 370 g/mol. The number of aromatic amines is 1. The lowest BCUT2D eigenvalue weighted by Gasteiger charge is -2.05. The zero-order valence-corrected chi connectivity index (χ0v) is 12.9. The van der Waals surface area contributed by atoms with Crippen LogP contribution >= 0.6 is 15.9 Å². The predicted molar refractivity (Wildman–Crippen MR) is 80.8 cm³/mol. The Balaban J connectivity index is 2.07. The Bertz CT molecular complexity index is 842. The largest absolute Gasteiger partial charge is 0.496 e. The van der Waals surface area contributed by atoms with Crippen LogP contribution in [-0.2, 0) is 6.18 Å². The van der Waals surface area contributed by atoms with Gasteiger partial charge in [-0.1, -0.05) is 0 Å². The number of benzene rings is 2. The molecule has 0 radical (unpaired) electrons. The van der Waals surface area contributed by atoms with Crippen LogP contribution in [0, 0.1) is 0 Å². The molecule has 7 heteroatoms. The smallest absolute Gasteiger partial charge is 0.416 e. The summed E-state index contributed by atoms with van der Waals surface area (Å²) < 4.78 is 44.1. The van der Waals surface area contributed by atoms with E-state index in [-0.39, 0.29) is 0 Å². The van der Waals surface area contributed by atoms with E-state index in [1.807, 2.05) is 0 Å². The normalized spacial score (nSPS) is 11.9. The SMILES string of the molecule is COc1ccc(-c2nc3ccc(C(F)(F)F)cc3[nH]2)cc1Br. The van der Waals surface area contributed by atoms with E-state index in [9.17, 15) is 13.2 Å². The van der Waals surface area contributed by atoms with Gasteiger partial charge >= 0.3 is 6.18 Å². The van der Waals surface area contributed by atoms with Crippen LogP contribution in [0.2, 0.25) is 0 Å². The highest BCUT2D eigenvalue weighted by Gasteiger charge is 2.30. The average Bonchev–Trinajstić information content (AvgIpc) is 2.89. The molecule has 0 atom stereocenters. The number of ether oxygens (including phenoxy) is 1. The van der Waals surface area contributed by atoms with E-state index in [0.717, 1.165) is 22.2 Å². The van der Waals surface area contributed by atoms with E-state index in [1.165, 1.54) is 6.07 Å². The van der Waals surface area contributed by atoms with Gasteiger partial charge in [-0.25, -0.2) is 4.98 Å². The van der Waals surface area contributed by atoms with Crippen LogP contribution in [0.15, 0.2) is 40.9 Å². The maximum Gasteiger partial charge on any atom is 0.416 e. The Labute approximate surface area is 132 Å². The number of alkyl halides is 3. The first-order valence-corrected chi connectivity index (χ1v) is 7.08. The van der Waals surface area contributed by atoms with Crippen LogP contribution in [0.1, 0.15) is 5.56 Å². The molecule has 0 spiro atoms. The number of nitrogens with zero attached hydrogens (tertiary/aromatic N) is 1. The molecule has 0 bridgehead atoms. The van der Waals surface area contributed by atoms with Crippen LogP contribution in [0.4, 0.5) is 13.2 Å². The minimum absolute atomic E-state index is 0.344. The van der Waals surface area contributed by atoms with Gasteiger partial charge in [0.1, 0.15) is 11.6 Å². The molecule has 1 N–H and O–H groups in total. The van der Waals surface area contributed by atoms with Crippen molar-refractivity contribution in [3.63, 3.8) is 0 Å². The summed E-state index contributed by atoms with van der Waals surface area (Å²) in [5, 5.41) is 0.